The average Bonchev–Trinajstić information content (AvgIpc) is 2.20. The highest BCUT2D eigenvalue weighted by atomic mass is 16.2. The number of benzene rings is 1. The van der Waals surface area contributed by atoms with Crippen LogP contribution >= 0.6 is 0 Å². The first kappa shape index (κ1) is 11.7. The summed E-state index contributed by atoms with van der Waals surface area (Å²) < 4.78 is 0. The number of rotatable bonds is 4. The second kappa shape index (κ2) is 5.51. The minimum absolute atomic E-state index is 0.0263. The third-order valence-electron chi connectivity index (χ3n) is 2.39. The van der Waals surface area contributed by atoms with Crippen LogP contribution in [0.5, 0.6) is 0 Å². The molecule has 0 unspecified atom stereocenters. The van der Waals surface area contributed by atoms with E-state index in [4.69, 9.17) is 0 Å². The van der Waals surface area contributed by atoms with Gasteiger partial charge in [0.05, 0.1) is 0 Å². The Kier molecular flexibility index (Phi) is 4.31. The Balaban J connectivity index is 2.57. The van der Waals surface area contributed by atoms with Crippen LogP contribution in [0.15, 0.2) is 18.2 Å². The minimum Gasteiger partial charge on any atom is -0.292 e. The number of carbonyl (C=O) groups is 1. The number of hydrogen-bond donors (Lipinski definition) is 2. The number of hydrazine groups is 1. The normalized spacial score (nSPS) is 10.1. The zero-order chi connectivity index (χ0) is 11.3. The maximum atomic E-state index is 11.2. The van der Waals surface area contributed by atoms with Crippen LogP contribution in [0.4, 0.5) is 0 Å². The Morgan fingerprint density at radius 1 is 1.33 bits per heavy atom. The van der Waals surface area contributed by atoms with E-state index in [0.29, 0.717) is 6.42 Å². The fourth-order valence-electron chi connectivity index (χ4n) is 1.52. The van der Waals surface area contributed by atoms with Crippen LogP contribution in [0.25, 0.3) is 0 Å². The van der Waals surface area contributed by atoms with Gasteiger partial charge in [0.1, 0.15) is 0 Å². The third-order valence-corrected chi connectivity index (χ3v) is 2.39. The van der Waals surface area contributed by atoms with Crippen LogP contribution in [0.3, 0.4) is 0 Å². The highest BCUT2D eigenvalue weighted by Gasteiger charge is 2.03. The van der Waals surface area contributed by atoms with Gasteiger partial charge in [-0.2, -0.15) is 0 Å². The van der Waals surface area contributed by atoms with Crippen molar-refractivity contribution in [2.24, 2.45) is 0 Å². The van der Waals surface area contributed by atoms with Gasteiger partial charge in [0, 0.05) is 13.5 Å². The largest absolute Gasteiger partial charge is 0.292 e. The Hall–Kier alpha value is -1.35. The first-order chi connectivity index (χ1) is 7.13. The third kappa shape index (κ3) is 3.72. The molecule has 0 saturated heterocycles. The molecule has 0 atom stereocenters. The topological polar surface area (TPSA) is 41.1 Å². The molecule has 0 aromatic heterocycles. The van der Waals surface area contributed by atoms with Crippen molar-refractivity contribution in [2.45, 2.75) is 26.7 Å². The first-order valence-corrected chi connectivity index (χ1v) is 5.15. The lowest BCUT2D eigenvalue weighted by atomic mass is 10.0. The molecule has 1 aromatic rings. The zero-order valence-electron chi connectivity index (χ0n) is 9.55. The highest BCUT2D eigenvalue weighted by molar-refractivity contribution is 5.75. The van der Waals surface area contributed by atoms with Crippen LogP contribution in [0.2, 0.25) is 0 Å². The van der Waals surface area contributed by atoms with Gasteiger partial charge in [-0.05, 0) is 31.4 Å². The van der Waals surface area contributed by atoms with Crippen molar-refractivity contribution < 1.29 is 4.79 Å². The van der Waals surface area contributed by atoms with Crippen molar-refractivity contribution in [3.05, 3.63) is 34.9 Å². The van der Waals surface area contributed by atoms with E-state index in [0.717, 1.165) is 6.42 Å². The van der Waals surface area contributed by atoms with Crippen LogP contribution in [0, 0.1) is 13.8 Å². The van der Waals surface area contributed by atoms with Gasteiger partial charge in [0.2, 0.25) is 5.91 Å². The van der Waals surface area contributed by atoms with E-state index < -0.39 is 0 Å². The number of nitrogens with one attached hydrogen (secondary N) is 2. The Labute approximate surface area is 90.9 Å². The summed E-state index contributed by atoms with van der Waals surface area (Å²) in [6.07, 6.45) is 1.31. The predicted octanol–water partition coefficient (Wildman–Crippen LogP) is 1.49. The second-order valence-electron chi connectivity index (χ2n) is 3.73. The molecule has 1 aromatic carbocycles. The van der Waals surface area contributed by atoms with Gasteiger partial charge in [-0.15, -0.1) is 0 Å². The van der Waals surface area contributed by atoms with E-state index in [1.165, 1.54) is 16.7 Å². The van der Waals surface area contributed by atoms with Gasteiger partial charge >= 0.3 is 0 Å². The van der Waals surface area contributed by atoms with Crippen molar-refractivity contribution in [1.29, 1.82) is 0 Å². The van der Waals surface area contributed by atoms with Crippen molar-refractivity contribution in [2.75, 3.05) is 7.05 Å². The van der Waals surface area contributed by atoms with Crippen molar-refractivity contribution >= 4 is 5.91 Å². The molecule has 0 bridgehead atoms. The monoisotopic (exact) mass is 206 g/mol. The van der Waals surface area contributed by atoms with Crippen molar-refractivity contribution in [3.8, 4) is 0 Å². The van der Waals surface area contributed by atoms with Crippen molar-refractivity contribution in [1.82, 2.24) is 10.9 Å². The van der Waals surface area contributed by atoms with Gasteiger partial charge in [0.25, 0.3) is 0 Å². The number of hydrogen-bond acceptors (Lipinski definition) is 2. The van der Waals surface area contributed by atoms with Gasteiger partial charge < -0.3 is 0 Å². The summed E-state index contributed by atoms with van der Waals surface area (Å²) in [7, 11) is 1.69. The second-order valence-corrected chi connectivity index (χ2v) is 3.73. The van der Waals surface area contributed by atoms with Crippen molar-refractivity contribution in [3.63, 3.8) is 0 Å². The molecular formula is C12H18N2O. The molecule has 0 aliphatic heterocycles. The Bertz CT molecular complexity index is 347. The number of aryl methyl sites for hydroxylation is 3. The standard InChI is InChI=1S/C12H18N2O/c1-9-4-5-10(2)11(8-9)6-7-12(15)14-13-3/h4-5,8,13H,6-7H2,1-3H3,(H,14,15). The van der Waals surface area contributed by atoms with Crippen LogP contribution in [-0.2, 0) is 11.2 Å². The van der Waals surface area contributed by atoms with E-state index in [9.17, 15) is 4.79 Å². The average molecular weight is 206 g/mol. The maximum Gasteiger partial charge on any atom is 0.234 e. The molecule has 0 fully saturated rings. The summed E-state index contributed by atoms with van der Waals surface area (Å²) in [5.74, 6) is 0.0263. The molecule has 82 valence electrons. The fourth-order valence-corrected chi connectivity index (χ4v) is 1.52. The lowest BCUT2D eigenvalue weighted by molar-refractivity contribution is -0.121. The van der Waals surface area contributed by atoms with E-state index in [1.807, 2.05) is 0 Å². The Morgan fingerprint density at radius 3 is 2.73 bits per heavy atom. The molecule has 3 nitrogen and oxygen atoms in total. The minimum atomic E-state index is 0.0263. The molecule has 15 heavy (non-hydrogen) atoms. The molecule has 0 saturated carbocycles. The molecule has 2 N–H and O–H groups in total. The lowest BCUT2D eigenvalue weighted by Crippen LogP contribution is -2.34. The van der Waals surface area contributed by atoms with Gasteiger partial charge in [-0.1, -0.05) is 23.8 Å². The molecule has 1 rings (SSSR count). The Morgan fingerprint density at radius 2 is 2.07 bits per heavy atom. The van der Waals surface area contributed by atoms with Crippen LogP contribution in [-0.4, -0.2) is 13.0 Å². The van der Waals surface area contributed by atoms with E-state index >= 15 is 0 Å². The summed E-state index contributed by atoms with van der Waals surface area (Å²) in [5.41, 5.74) is 8.93. The molecule has 0 aliphatic rings. The fraction of sp³-hybridized carbons (Fsp3) is 0.417. The number of carbonyl (C=O) groups excluding carboxylic acids is 1. The smallest absolute Gasteiger partial charge is 0.234 e. The molecule has 0 radical (unpaired) electrons. The molecule has 0 aliphatic carbocycles. The summed E-state index contributed by atoms with van der Waals surface area (Å²) >= 11 is 0. The quantitative estimate of drug-likeness (QED) is 0.733. The molecule has 3 heteroatoms. The maximum absolute atomic E-state index is 11.2. The predicted molar refractivity (Wildman–Crippen MR) is 61.4 cm³/mol. The van der Waals surface area contributed by atoms with E-state index in [2.05, 4.69) is 42.9 Å². The van der Waals surface area contributed by atoms with Gasteiger partial charge in [0.15, 0.2) is 0 Å². The zero-order valence-corrected chi connectivity index (χ0v) is 9.55. The summed E-state index contributed by atoms with van der Waals surface area (Å²) in [6, 6.07) is 6.33. The summed E-state index contributed by atoms with van der Waals surface area (Å²) in [6.45, 7) is 4.14. The summed E-state index contributed by atoms with van der Waals surface area (Å²) in [5, 5.41) is 0. The number of amides is 1. The van der Waals surface area contributed by atoms with Gasteiger partial charge in [-0.3, -0.25) is 10.2 Å². The molecule has 1 amide bonds. The van der Waals surface area contributed by atoms with Crippen LogP contribution < -0.4 is 10.9 Å². The molecule has 0 heterocycles. The van der Waals surface area contributed by atoms with Crippen LogP contribution in [0.1, 0.15) is 23.1 Å². The SMILES string of the molecule is CNNC(=O)CCc1cc(C)ccc1C. The first-order valence-electron chi connectivity index (χ1n) is 5.15. The highest BCUT2D eigenvalue weighted by Crippen LogP contribution is 2.12. The van der Waals surface area contributed by atoms with Gasteiger partial charge in [-0.25, -0.2) is 5.43 Å². The van der Waals surface area contributed by atoms with E-state index in [-0.39, 0.29) is 5.91 Å². The van der Waals surface area contributed by atoms with E-state index in [1.54, 1.807) is 7.05 Å². The summed E-state index contributed by atoms with van der Waals surface area (Å²) in [4.78, 5) is 11.2. The lowest BCUT2D eigenvalue weighted by Gasteiger charge is -2.07. The molecule has 0 spiro atoms. The molecular weight excluding hydrogens is 188 g/mol.